The molecule has 0 radical (unpaired) electrons. The molecule has 0 spiro atoms. The summed E-state index contributed by atoms with van der Waals surface area (Å²) in [4.78, 5) is 6.51. The van der Waals surface area contributed by atoms with Crippen molar-refractivity contribution in [2.45, 2.75) is 13.1 Å². The summed E-state index contributed by atoms with van der Waals surface area (Å²) in [5.41, 5.74) is 2.18. The number of methoxy groups -OCH3 is 1. The highest BCUT2D eigenvalue weighted by Gasteiger charge is 2.09. The molecule has 0 fully saturated rings. The van der Waals surface area contributed by atoms with E-state index in [4.69, 9.17) is 20.8 Å². The average Bonchev–Trinajstić information content (AvgIpc) is 3.04. The first-order valence-electron chi connectivity index (χ1n) is 7.66. The summed E-state index contributed by atoms with van der Waals surface area (Å²) < 4.78 is 11.0. The van der Waals surface area contributed by atoms with Gasteiger partial charge in [-0.2, -0.15) is 0 Å². The van der Waals surface area contributed by atoms with Crippen LogP contribution < -0.4 is 4.74 Å². The fraction of sp³-hybridized carbons (Fsp3) is 0.211. The molecule has 0 aliphatic rings. The van der Waals surface area contributed by atoms with Gasteiger partial charge in [-0.15, -0.1) is 0 Å². The molecule has 3 aromatic rings. The van der Waals surface area contributed by atoms with E-state index in [0.717, 1.165) is 23.6 Å². The molecular formula is C19H19ClN2O2. The first kappa shape index (κ1) is 16.6. The first-order valence-corrected chi connectivity index (χ1v) is 8.04. The molecule has 0 saturated carbocycles. The minimum atomic E-state index is 0.639. The number of oxazole rings is 1. The van der Waals surface area contributed by atoms with Crippen LogP contribution in [-0.4, -0.2) is 24.0 Å². The zero-order chi connectivity index (χ0) is 16.9. The zero-order valence-electron chi connectivity index (χ0n) is 13.7. The monoisotopic (exact) mass is 342 g/mol. The minimum Gasteiger partial charge on any atom is -0.497 e. The van der Waals surface area contributed by atoms with Gasteiger partial charge in [0, 0.05) is 17.1 Å². The summed E-state index contributed by atoms with van der Waals surface area (Å²) in [6.07, 6.45) is 1.75. The van der Waals surface area contributed by atoms with E-state index in [-0.39, 0.29) is 0 Å². The highest BCUT2D eigenvalue weighted by molar-refractivity contribution is 6.30. The quantitative estimate of drug-likeness (QED) is 0.654. The lowest BCUT2D eigenvalue weighted by atomic mass is 10.2. The van der Waals surface area contributed by atoms with Crippen LogP contribution in [0.1, 0.15) is 11.5 Å². The molecule has 0 bridgehead atoms. The molecule has 0 atom stereocenters. The molecule has 4 nitrogen and oxygen atoms in total. The van der Waals surface area contributed by atoms with Gasteiger partial charge in [0.15, 0.2) is 5.76 Å². The smallest absolute Gasteiger partial charge is 0.209 e. The topological polar surface area (TPSA) is 38.5 Å². The van der Waals surface area contributed by atoms with Gasteiger partial charge in [-0.1, -0.05) is 23.7 Å². The molecule has 0 unspecified atom stereocenters. The first-order chi connectivity index (χ1) is 11.6. The minimum absolute atomic E-state index is 0.639. The van der Waals surface area contributed by atoms with E-state index in [0.29, 0.717) is 17.5 Å². The Morgan fingerprint density at radius 2 is 1.75 bits per heavy atom. The molecular weight excluding hydrogens is 324 g/mol. The Kier molecular flexibility index (Phi) is 5.18. The van der Waals surface area contributed by atoms with E-state index in [1.807, 2.05) is 43.4 Å². The zero-order valence-corrected chi connectivity index (χ0v) is 14.5. The van der Waals surface area contributed by atoms with Crippen LogP contribution in [0.4, 0.5) is 0 Å². The molecule has 0 aliphatic carbocycles. The fourth-order valence-corrected chi connectivity index (χ4v) is 2.59. The Bertz CT molecular complexity index is 782. The second-order valence-electron chi connectivity index (χ2n) is 5.65. The van der Waals surface area contributed by atoms with Crippen molar-refractivity contribution >= 4 is 11.6 Å². The van der Waals surface area contributed by atoms with Gasteiger partial charge < -0.3 is 9.15 Å². The molecule has 0 aliphatic heterocycles. The molecule has 3 rings (SSSR count). The predicted molar refractivity (Wildman–Crippen MR) is 95.1 cm³/mol. The second-order valence-corrected chi connectivity index (χ2v) is 6.08. The van der Waals surface area contributed by atoms with Crippen molar-refractivity contribution in [3.8, 4) is 17.1 Å². The van der Waals surface area contributed by atoms with Crippen LogP contribution in [0.5, 0.6) is 5.75 Å². The van der Waals surface area contributed by atoms with E-state index in [1.54, 1.807) is 13.3 Å². The van der Waals surface area contributed by atoms with Gasteiger partial charge in [-0.05, 0) is 49.0 Å². The van der Waals surface area contributed by atoms with Gasteiger partial charge >= 0.3 is 0 Å². The van der Waals surface area contributed by atoms with Gasteiger partial charge in [0.25, 0.3) is 0 Å². The highest BCUT2D eigenvalue weighted by atomic mass is 35.5. The van der Waals surface area contributed by atoms with E-state index >= 15 is 0 Å². The van der Waals surface area contributed by atoms with Gasteiger partial charge in [-0.25, -0.2) is 4.98 Å². The Morgan fingerprint density at radius 3 is 2.42 bits per heavy atom. The van der Waals surface area contributed by atoms with Crippen molar-refractivity contribution in [1.82, 2.24) is 9.88 Å². The number of hydrogen-bond acceptors (Lipinski definition) is 4. The van der Waals surface area contributed by atoms with Crippen LogP contribution in [0.3, 0.4) is 0 Å². The molecule has 24 heavy (non-hydrogen) atoms. The molecule has 0 amide bonds. The molecule has 124 valence electrons. The average molecular weight is 343 g/mol. The molecule has 0 N–H and O–H groups in total. The largest absolute Gasteiger partial charge is 0.497 e. The van der Waals surface area contributed by atoms with E-state index in [1.165, 1.54) is 5.56 Å². The molecule has 2 aromatic carbocycles. The lowest BCUT2D eigenvalue weighted by Crippen LogP contribution is -2.17. The number of aromatic nitrogens is 1. The summed E-state index contributed by atoms with van der Waals surface area (Å²) in [6, 6.07) is 15.6. The Hall–Kier alpha value is -2.30. The third-order valence-corrected chi connectivity index (χ3v) is 3.95. The van der Waals surface area contributed by atoms with Crippen LogP contribution in [0.2, 0.25) is 5.02 Å². The van der Waals surface area contributed by atoms with E-state index in [2.05, 4.69) is 22.0 Å². The number of benzene rings is 2. The Morgan fingerprint density at radius 1 is 1.04 bits per heavy atom. The summed E-state index contributed by atoms with van der Waals surface area (Å²) in [5.74, 6) is 2.30. The summed E-state index contributed by atoms with van der Waals surface area (Å²) in [6.45, 7) is 1.45. The van der Waals surface area contributed by atoms with Crippen molar-refractivity contribution in [1.29, 1.82) is 0 Å². The number of ether oxygens (including phenoxy) is 1. The SMILES string of the molecule is COc1ccc(CN(C)Cc2ncc(-c3ccc(Cl)cc3)o2)cc1. The Labute approximate surface area is 146 Å². The maximum absolute atomic E-state index is 5.91. The maximum atomic E-state index is 5.91. The number of hydrogen-bond donors (Lipinski definition) is 0. The number of rotatable bonds is 6. The van der Waals surface area contributed by atoms with E-state index in [9.17, 15) is 0 Å². The normalized spacial score (nSPS) is 11.0. The van der Waals surface area contributed by atoms with Crippen molar-refractivity contribution in [3.05, 3.63) is 71.2 Å². The van der Waals surface area contributed by atoms with Crippen molar-refractivity contribution in [3.63, 3.8) is 0 Å². The fourth-order valence-electron chi connectivity index (χ4n) is 2.46. The maximum Gasteiger partial charge on any atom is 0.209 e. The van der Waals surface area contributed by atoms with Crippen molar-refractivity contribution in [2.24, 2.45) is 0 Å². The van der Waals surface area contributed by atoms with Gasteiger partial charge in [0.2, 0.25) is 5.89 Å². The van der Waals surface area contributed by atoms with Crippen LogP contribution in [0.25, 0.3) is 11.3 Å². The summed E-state index contributed by atoms with van der Waals surface area (Å²) in [7, 11) is 3.71. The van der Waals surface area contributed by atoms with Gasteiger partial charge in [-0.3, -0.25) is 4.90 Å². The standard InChI is InChI=1S/C19H19ClN2O2/c1-22(12-14-3-9-17(23-2)10-4-14)13-19-21-11-18(24-19)15-5-7-16(20)8-6-15/h3-11H,12-13H2,1-2H3. The molecule has 0 saturated heterocycles. The van der Waals surface area contributed by atoms with E-state index < -0.39 is 0 Å². The van der Waals surface area contributed by atoms with Crippen molar-refractivity contribution < 1.29 is 9.15 Å². The van der Waals surface area contributed by atoms with Crippen LogP contribution in [0, 0.1) is 0 Å². The van der Waals surface area contributed by atoms with Crippen LogP contribution >= 0.6 is 11.6 Å². The lowest BCUT2D eigenvalue weighted by molar-refractivity contribution is 0.283. The van der Waals surface area contributed by atoms with Gasteiger partial charge in [0.05, 0.1) is 19.9 Å². The third kappa shape index (κ3) is 4.16. The lowest BCUT2D eigenvalue weighted by Gasteiger charge is -2.14. The predicted octanol–water partition coefficient (Wildman–Crippen LogP) is 4.64. The van der Waals surface area contributed by atoms with Crippen LogP contribution in [-0.2, 0) is 13.1 Å². The summed E-state index contributed by atoms with van der Waals surface area (Å²) in [5, 5.41) is 0.706. The summed E-state index contributed by atoms with van der Waals surface area (Å²) >= 11 is 5.91. The second kappa shape index (κ2) is 7.51. The molecule has 5 heteroatoms. The third-order valence-electron chi connectivity index (χ3n) is 3.70. The van der Waals surface area contributed by atoms with Crippen LogP contribution in [0.15, 0.2) is 59.1 Å². The molecule has 1 heterocycles. The van der Waals surface area contributed by atoms with Gasteiger partial charge in [0.1, 0.15) is 5.75 Å². The van der Waals surface area contributed by atoms with Crippen molar-refractivity contribution in [2.75, 3.05) is 14.2 Å². The Balaban J connectivity index is 1.62. The number of nitrogens with zero attached hydrogens (tertiary/aromatic N) is 2. The number of halogens is 1. The highest BCUT2D eigenvalue weighted by Crippen LogP contribution is 2.23. The molecule has 1 aromatic heterocycles.